The first-order chi connectivity index (χ1) is 8.29. The minimum atomic E-state index is -0.0469. The van der Waals surface area contributed by atoms with Gasteiger partial charge in [-0.2, -0.15) is 5.10 Å². The van der Waals surface area contributed by atoms with Crippen LogP contribution in [0.4, 0.5) is 0 Å². The van der Waals surface area contributed by atoms with E-state index in [0.717, 1.165) is 32.2 Å². The SMILES string of the molecule is CCNC1CCC(NC(=O)c2ccn[nH]2)CC1. The summed E-state index contributed by atoms with van der Waals surface area (Å²) < 4.78 is 0. The summed E-state index contributed by atoms with van der Waals surface area (Å²) in [6.45, 7) is 3.15. The van der Waals surface area contributed by atoms with Crippen molar-refractivity contribution in [3.05, 3.63) is 18.0 Å². The van der Waals surface area contributed by atoms with E-state index < -0.39 is 0 Å². The van der Waals surface area contributed by atoms with E-state index >= 15 is 0 Å². The second kappa shape index (κ2) is 5.82. The molecular formula is C12H20N4O. The Labute approximate surface area is 101 Å². The molecule has 0 aromatic carbocycles. The van der Waals surface area contributed by atoms with Gasteiger partial charge in [-0.05, 0) is 38.3 Å². The van der Waals surface area contributed by atoms with E-state index in [-0.39, 0.29) is 5.91 Å². The first-order valence-electron chi connectivity index (χ1n) is 6.33. The van der Waals surface area contributed by atoms with E-state index in [1.807, 2.05) is 0 Å². The molecule has 1 amide bonds. The average Bonchev–Trinajstić information content (AvgIpc) is 2.86. The molecule has 1 saturated carbocycles. The first kappa shape index (κ1) is 12.1. The summed E-state index contributed by atoms with van der Waals surface area (Å²) in [6.07, 6.45) is 5.98. The zero-order chi connectivity index (χ0) is 12.1. The van der Waals surface area contributed by atoms with Crippen molar-refractivity contribution in [1.29, 1.82) is 0 Å². The molecule has 0 unspecified atom stereocenters. The topological polar surface area (TPSA) is 69.8 Å². The number of amides is 1. The summed E-state index contributed by atoms with van der Waals surface area (Å²) in [5.41, 5.74) is 0.541. The van der Waals surface area contributed by atoms with Crippen LogP contribution in [0.25, 0.3) is 0 Å². The molecule has 3 N–H and O–H groups in total. The van der Waals surface area contributed by atoms with Crippen molar-refractivity contribution in [2.45, 2.75) is 44.7 Å². The van der Waals surface area contributed by atoms with Crippen molar-refractivity contribution in [3.63, 3.8) is 0 Å². The minimum absolute atomic E-state index is 0.0469. The second-order valence-corrected chi connectivity index (χ2v) is 4.55. The number of aromatic amines is 1. The number of H-pyrrole nitrogens is 1. The number of hydrogen-bond acceptors (Lipinski definition) is 3. The van der Waals surface area contributed by atoms with E-state index in [1.165, 1.54) is 0 Å². The monoisotopic (exact) mass is 236 g/mol. The smallest absolute Gasteiger partial charge is 0.269 e. The van der Waals surface area contributed by atoms with Crippen LogP contribution in [-0.4, -0.2) is 34.7 Å². The maximum Gasteiger partial charge on any atom is 0.269 e. The molecule has 0 saturated heterocycles. The molecule has 5 nitrogen and oxygen atoms in total. The molecule has 1 fully saturated rings. The van der Waals surface area contributed by atoms with Crippen LogP contribution in [0.1, 0.15) is 43.1 Å². The van der Waals surface area contributed by atoms with Gasteiger partial charge in [0.1, 0.15) is 5.69 Å². The zero-order valence-corrected chi connectivity index (χ0v) is 10.2. The highest BCUT2D eigenvalue weighted by Gasteiger charge is 2.22. The van der Waals surface area contributed by atoms with Crippen LogP contribution in [0.3, 0.4) is 0 Å². The lowest BCUT2D eigenvalue weighted by atomic mass is 9.91. The van der Waals surface area contributed by atoms with E-state index in [9.17, 15) is 4.79 Å². The molecule has 0 radical (unpaired) electrons. The Morgan fingerprint density at radius 1 is 1.41 bits per heavy atom. The van der Waals surface area contributed by atoms with Gasteiger partial charge in [-0.3, -0.25) is 9.89 Å². The van der Waals surface area contributed by atoms with E-state index in [4.69, 9.17) is 0 Å². The third-order valence-electron chi connectivity index (χ3n) is 3.30. The fourth-order valence-electron chi connectivity index (χ4n) is 2.38. The van der Waals surface area contributed by atoms with E-state index in [2.05, 4.69) is 27.8 Å². The minimum Gasteiger partial charge on any atom is -0.348 e. The zero-order valence-electron chi connectivity index (χ0n) is 10.2. The number of nitrogens with zero attached hydrogens (tertiary/aromatic N) is 1. The molecule has 1 aliphatic carbocycles. The summed E-state index contributed by atoms with van der Waals surface area (Å²) in [4.78, 5) is 11.8. The van der Waals surface area contributed by atoms with Crippen molar-refractivity contribution in [3.8, 4) is 0 Å². The fourth-order valence-corrected chi connectivity index (χ4v) is 2.38. The molecule has 1 aromatic rings. The van der Waals surface area contributed by atoms with Gasteiger partial charge < -0.3 is 10.6 Å². The van der Waals surface area contributed by atoms with E-state index in [0.29, 0.717) is 17.8 Å². The third kappa shape index (κ3) is 3.30. The van der Waals surface area contributed by atoms with Crippen LogP contribution in [0, 0.1) is 0 Å². The fraction of sp³-hybridized carbons (Fsp3) is 0.667. The van der Waals surface area contributed by atoms with Gasteiger partial charge in [-0.15, -0.1) is 0 Å². The Balaban J connectivity index is 1.76. The molecule has 94 valence electrons. The van der Waals surface area contributed by atoms with Crippen molar-refractivity contribution in [1.82, 2.24) is 20.8 Å². The quantitative estimate of drug-likeness (QED) is 0.732. The van der Waals surface area contributed by atoms with Crippen LogP contribution in [0.15, 0.2) is 12.3 Å². The molecule has 1 heterocycles. The van der Waals surface area contributed by atoms with Crippen LogP contribution < -0.4 is 10.6 Å². The number of carbonyl (C=O) groups is 1. The highest BCUT2D eigenvalue weighted by molar-refractivity contribution is 5.92. The Bertz CT molecular complexity index is 341. The van der Waals surface area contributed by atoms with Gasteiger partial charge in [0, 0.05) is 18.3 Å². The van der Waals surface area contributed by atoms with Gasteiger partial charge in [0.25, 0.3) is 5.91 Å². The molecule has 0 spiro atoms. The first-order valence-corrected chi connectivity index (χ1v) is 6.33. The molecule has 17 heavy (non-hydrogen) atoms. The number of carbonyl (C=O) groups excluding carboxylic acids is 1. The van der Waals surface area contributed by atoms with Crippen molar-refractivity contribution < 1.29 is 4.79 Å². The van der Waals surface area contributed by atoms with E-state index in [1.54, 1.807) is 12.3 Å². The third-order valence-corrected chi connectivity index (χ3v) is 3.30. The lowest BCUT2D eigenvalue weighted by molar-refractivity contribution is 0.0919. The molecule has 2 rings (SSSR count). The predicted molar refractivity (Wildman–Crippen MR) is 65.8 cm³/mol. The second-order valence-electron chi connectivity index (χ2n) is 4.55. The van der Waals surface area contributed by atoms with Gasteiger partial charge in [0.05, 0.1) is 0 Å². The standard InChI is InChI=1S/C12H20N4O/c1-2-13-9-3-5-10(6-4-9)15-12(17)11-7-8-14-16-11/h7-10,13H,2-6H2,1H3,(H,14,16)(H,15,17). The highest BCUT2D eigenvalue weighted by atomic mass is 16.2. The van der Waals surface area contributed by atoms with Gasteiger partial charge in [-0.1, -0.05) is 6.92 Å². The lowest BCUT2D eigenvalue weighted by Gasteiger charge is -2.29. The maximum atomic E-state index is 11.8. The predicted octanol–water partition coefficient (Wildman–Crippen LogP) is 1.06. The number of rotatable bonds is 4. The molecule has 5 heteroatoms. The Morgan fingerprint density at radius 2 is 2.12 bits per heavy atom. The van der Waals surface area contributed by atoms with Gasteiger partial charge in [-0.25, -0.2) is 0 Å². The van der Waals surface area contributed by atoms with Crippen LogP contribution in [0.5, 0.6) is 0 Å². The molecular weight excluding hydrogens is 216 g/mol. The normalized spacial score (nSPS) is 24.5. The van der Waals surface area contributed by atoms with Gasteiger partial charge in [0.15, 0.2) is 0 Å². The van der Waals surface area contributed by atoms with Crippen molar-refractivity contribution in [2.75, 3.05) is 6.54 Å². The lowest BCUT2D eigenvalue weighted by Crippen LogP contribution is -2.42. The molecule has 1 aliphatic rings. The van der Waals surface area contributed by atoms with Crippen LogP contribution >= 0.6 is 0 Å². The van der Waals surface area contributed by atoms with Gasteiger partial charge >= 0.3 is 0 Å². The summed E-state index contributed by atoms with van der Waals surface area (Å²) in [5, 5.41) is 13.0. The summed E-state index contributed by atoms with van der Waals surface area (Å²) in [6, 6.07) is 2.63. The number of hydrogen-bond donors (Lipinski definition) is 3. The van der Waals surface area contributed by atoms with Crippen LogP contribution in [-0.2, 0) is 0 Å². The van der Waals surface area contributed by atoms with Crippen molar-refractivity contribution in [2.24, 2.45) is 0 Å². The number of aromatic nitrogens is 2. The molecule has 0 aliphatic heterocycles. The van der Waals surface area contributed by atoms with Crippen LogP contribution in [0.2, 0.25) is 0 Å². The average molecular weight is 236 g/mol. The summed E-state index contributed by atoms with van der Waals surface area (Å²) in [7, 11) is 0. The Kier molecular flexibility index (Phi) is 4.14. The number of nitrogens with one attached hydrogen (secondary N) is 3. The Morgan fingerprint density at radius 3 is 2.71 bits per heavy atom. The summed E-state index contributed by atoms with van der Waals surface area (Å²) in [5.74, 6) is -0.0469. The van der Waals surface area contributed by atoms with Crippen molar-refractivity contribution >= 4 is 5.91 Å². The molecule has 0 bridgehead atoms. The molecule has 0 atom stereocenters. The Hall–Kier alpha value is -1.36. The molecule has 1 aromatic heterocycles. The highest BCUT2D eigenvalue weighted by Crippen LogP contribution is 2.18. The maximum absolute atomic E-state index is 11.8. The largest absolute Gasteiger partial charge is 0.348 e. The summed E-state index contributed by atoms with van der Waals surface area (Å²) >= 11 is 0. The van der Waals surface area contributed by atoms with Gasteiger partial charge in [0.2, 0.25) is 0 Å².